The largest absolute Gasteiger partial charge is 0.383 e. The lowest BCUT2D eigenvalue weighted by molar-refractivity contribution is 0.201. The van der Waals surface area contributed by atoms with E-state index in [4.69, 9.17) is 4.74 Å². The third-order valence-corrected chi connectivity index (χ3v) is 3.87. The van der Waals surface area contributed by atoms with Crippen molar-refractivity contribution in [2.24, 2.45) is 0 Å². The second-order valence-corrected chi connectivity index (χ2v) is 7.59. The number of rotatable bonds is 5. The Bertz CT molecular complexity index is 605. The Hall–Kier alpha value is -1.14. The first-order valence-corrected chi connectivity index (χ1v) is 7.93. The predicted octanol–water partition coefficient (Wildman–Crippen LogP) is 2.87. The molecule has 0 fully saturated rings. The van der Waals surface area contributed by atoms with Crippen LogP contribution >= 0.6 is 15.9 Å². The van der Waals surface area contributed by atoms with Gasteiger partial charge in [0, 0.05) is 38.5 Å². The van der Waals surface area contributed by atoms with Crippen LogP contribution in [0.25, 0.3) is 5.52 Å². The van der Waals surface area contributed by atoms with Gasteiger partial charge in [0.1, 0.15) is 5.52 Å². The molecular formula is C15H23BrN4O. The molecule has 1 unspecified atom stereocenters. The molecule has 5 nitrogen and oxygen atoms in total. The van der Waals surface area contributed by atoms with Gasteiger partial charge in [-0.1, -0.05) is 36.7 Å². The van der Waals surface area contributed by atoms with Crippen molar-refractivity contribution in [1.82, 2.24) is 14.6 Å². The molecule has 6 heteroatoms. The maximum absolute atomic E-state index is 5.17. The monoisotopic (exact) mass is 354 g/mol. The van der Waals surface area contributed by atoms with Crippen LogP contribution in [-0.4, -0.2) is 46.7 Å². The minimum atomic E-state index is 0.0237. The Morgan fingerprint density at radius 2 is 2.14 bits per heavy atom. The van der Waals surface area contributed by atoms with E-state index < -0.39 is 0 Å². The SMILES string of the molecule is COCC(Br)CN(C)c1nccn2nc(C(C)(C)C)cc12. The first-order valence-electron chi connectivity index (χ1n) is 7.02. The molecule has 2 heterocycles. The smallest absolute Gasteiger partial charge is 0.154 e. The summed E-state index contributed by atoms with van der Waals surface area (Å²) >= 11 is 3.62. The quantitative estimate of drug-likeness (QED) is 0.774. The van der Waals surface area contributed by atoms with Crippen LogP contribution in [0.4, 0.5) is 5.82 Å². The van der Waals surface area contributed by atoms with Crippen LogP contribution < -0.4 is 4.90 Å². The van der Waals surface area contributed by atoms with E-state index in [2.05, 4.69) is 57.8 Å². The van der Waals surface area contributed by atoms with Gasteiger partial charge in [0.15, 0.2) is 5.82 Å². The highest BCUT2D eigenvalue weighted by Crippen LogP contribution is 2.26. The van der Waals surface area contributed by atoms with Crippen LogP contribution in [0.1, 0.15) is 26.5 Å². The summed E-state index contributed by atoms with van der Waals surface area (Å²) in [6.45, 7) is 7.98. The van der Waals surface area contributed by atoms with Gasteiger partial charge in [-0.15, -0.1) is 0 Å². The average Bonchev–Trinajstić information content (AvgIpc) is 2.82. The molecule has 2 rings (SSSR count). The standard InChI is InChI=1S/C15H23BrN4O/c1-15(2,3)13-8-12-14(17-6-7-20(12)18-13)19(4)9-11(16)10-21-5/h6-8,11H,9-10H2,1-5H3. The van der Waals surface area contributed by atoms with E-state index in [-0.39, 0.29) is 10.2 Å². The summed E-state index contributed by atoms with van der Waals surface area (Å²) in [5, 5.41) is 4.66. The lowest BCUT2D eigenvalue weighted by Gasteiger charge is -2.21. The molecule has 0 saturated heterocycles. The van der Waals surface area contributed by atoms with E-state index in [1.807, 2.05) is 17.8 Å². The van der Waals surface area contributed by atoms with Crippen LogP contribution in [0.5, 0.6) is 0 Å². The molecule has 116 valence electrons. The fourth-order valence-corrected chi connectivity index (χ4v) is 2.88. The zero-order valence-electron chi connectivity index (χ0n) is 13.3. The predicted molar refractivity (Wildman–Crippen MR) is 89.5 cm³/mol. The minimum absolute atomic E-state index is 0.0237. The van der Waals surface area contributed by atoms with E-state index >= 15 is 0 Å². The number of alkyl halides is 1. The summed E-state index contributed by atoms with van der Waals surface area (Å²) in [5.41, 5.74) is 2.12. The molecule has 21 heavy (non-hydrogen) atoms. The van der Waals surface area contributed by atoms with E-state index in [0.717, 1.165) is 23.6 Å². The molecule has 0 aliphatic heterocycles. The van der Waals surface area contributed by atoms with Crippen molar-refractivity contribution in [1.29, 1.82) is 0 Å². The van der Waals surface area contributed by atoms with E-state index in [1.54, 1.807) is 13.3 Å². The maximum Gasteiger partial charge on any atom is 0.154 e. The second-order valence-electron chi connectivity index (χ2n) is 6.29. The molecular weight excluding hydrogens is 332 g/mol. The van der Waals surface area contributed by atoms with Gasteiger partial charge in [-0.05, 0) is 6.07 Å². The third kappa shape index (κ3) is 3.74. The Balaban J connectivity index is 2.33. The molecule has 0 bridgehead atoms. The van der Waals surface area contributed by atoms with E-state index in [0.29, 0.717) is 6.61 Å². The molecule has 0 aliphatic carbocycles. The Morgan fingerprint density at radius 1 is 1.43 bits per heavy atom. The molecule has 0 amide bonds. The molecule has 0 radical (unpaired) electrons. The van der Waals surface area contributed by atoms with Crippen molar-refractivity contribution in [2.45, 2.75) is 31.0 Å². The van der Waals surface area contributed by atoms with Gasteiger partial charge in [-0.3, -0.25) is 0 Å². The zero-order valence-corrected chi connectivity index (χ0v) is 14.9. The van der Waals surface area contributed by atoms with Crippen LogP contribution in [0.2, 0.25) is 0 Å². The molecule has 0 spiro atoms. The van der Waals surface area contributed by atoms with Gasteiger partial charge in [0.2, 0.25) is 0 Å². The van der Waals surface area contributed by atoms with Crippen LogP contribution in [0.15, 0.2) is 18.5 Å². The normalized spacial score (nSPS) is 13.6. The average molecular weight is 355 g/mol. The Kier molecular flexibility index (Phi) is 4.88. The number of methoxy groups -OCH3 is 1. The molecule has 0 aliphatic rings. The molecule has 2 aromatic heterocycles. The van der Waals surface area contributed by atoms with Crippen molar-refractivity contribution < 1.29 is 4.74 Å². The highest BCUT2D eigenvalue weighted by molar-refractivity contribution is 9.09. The summed E-state index contributed by atoms with van der Waals surface area (Å²) in [7, 11) is 3.75. The molecule has 0 saturated carbocycles. The van der Waals surface area contributed by atoms with Crippen molar-refractivity contribution in [3.8, 4) is 0 Å². The lowest BCUT2D eigenvalue weighted by Crippen LogP contribution is -2.29. The number of nitrogens with zero attached hydrogens (tertiary/aromatic N) is 4. The van der Waals surface area contributed by atoms with Gasteiger partial charge >= 0.3 is 0 Å². The highest BCUT2D eigenvalue weighted by Gasteiger charge is 2.20. The van der Waals surface area contributed by atoms with Crippen molar-refractivity contribution in [3.05, 3.63) is 24.2 Å². The van der Waals surface area contributed by atoms with Gasteiger partial charge in [-0.25, -0.2) is 9.50 Å². The van der Waals surface area contributed by atoms with Crippen molar-refractivity contribution in [2.75, 3.05) is 32.2 Å². The molecule has 0 aromatic carbocycles. The summed E-state index contributed by atoms with van der Waals surface area (Å²) in [5.74, 6) is 0.932. The fourth-order valence-electron chi connectivity index (χ4n) is 2.19. The molecule has 2 aromatic rings. The van der Waals surface area contributed by atoms with Gasteiger partial charge in [0.25, 0.3) is 0 Å². The first kappa shape index (κ1) is 16.2. The van der Waals surface area contributed by atoms with Gasteiger partial charge < -0.3 is 9.64 Å². The second kappa shape index (κ2) is 6.32. The summed E-state index contributed by atoms with van der Waals surface area (Å²) in [4.78, 5) is 6.91. The van der Waals surface area contributed by atoms with Gasteiger partial charge in [-0.2, -0.15) is 5.10 Å². The zero-order chi connectivity index (χ0) is 15.6. The highest BCUT2D eigenvalue weighted by atomic mass is 79.9. The number of halogens is 1. The van der Waals surface area contributed by atoms with Crippen molar-refractivity contribution in [3.63, 3.8) is 0 Å². The number of hydrogen-bond donors (Lipinski definition) is 0. The third-order valence-electron chi connectivity index (χ3n) is 3.32. The van der Waals surface area contributed by atoms with Crippen LogP contribution in [0.3, 0.4) is 0 Å². The van der Waals surface area contributed by atoms with E-state index in [1.165, 1.54) is 0 Å². The van der Waals surface area contributed by atoms with Crippen LogP contribution in [-0.2, 0) is 10.2 Å². The number of aromatic nitrogens is 3. The summed E-state index contributed by atoms with van der Waals surface area (Å²) < 4.78 is 7.07. The number of fused-ring (bicyclic) bond motifs is 1. The minimum Gasteiger partial charge on any atom is -0.383 e. The first-order chi connectivity index (χ1) is 9.82. The topological polar surface area (TPSA) is 42.7 Å². The summed E-state index contributed by atoms with van der Waals surface area (Å²) in [6.07, 6.45) is 3.68. The Morgan fingerprint density at radius 3 is 2.76 bits per heavy atom. The number of ether oxygens (including phenoxy) is 1. The lowest BCUT2D eigenvalue weighted by atomic mass is 9.92. The maximum atomic E-state index is 5.17. The van der Waals surface area contributed by atoms with E-state index in [9.17, 15) is 0 Å². The molecule has 1 atom stereocenters. The number of anilines is 1. The van der Waals surface area contributed by atoms with Crippen LogP contribution in [0, 0.1) is 0 Å². The van der Waals surface area contributed by atoms with Crippen molar-refractivity contribution >= 4 is 27.3 Å². The fraction of sp³-hybridized carbons (Fsp3) is 0.600. The van der Waals surface area contributed by atoms with Gasteiger partial charge in [0.05, 0.1) is 17.1 Å². The number of hydrogen-bond acceptors (Lipinski definition) is 4. The Labute approximate surface area is 134 Å². The molecule has 0 N–H and O–H groups in total. The summed E-state index contributed by atoms with van der Waals surface area (Å²) in [6, 6.07) is 2.12.